The SMILES string of the molecule is CCCCCS(=O)(=O)N1CCCCC1C(=O)O. The number of carboxylic acid groups (broad SMARTS) is 1. The average Bonchev–Trinajstić information content (AvgIpc) is 2.29. The highest BCUT2D eigenvalue weighted by molar-refractivity contribution is 7.89. The van der Waals surface area contributed by atoms with Gasteiger partial charge in [0, 0.05) is 6.54 Å². The summed E-state index contributed by atoms with van der Waals surface area (Å²) in [5.74, 6) is -0.950. The highest BCUT2D eigenvalue weighted by atomic mass is 32.2. The Hall–Kier alpha value is -0.620. The van der Waals surface area contributed by atoms with E-state index in [2.05, 4.69) is 0 Å². The Kier molecular flexibility index (Phi) is 5.39. The summed E-state index contributed by atoms with van der Waals surface area (Å²) in [4.78, 5) is 11.0. The highest BCUT2D eigenvalue weighted by Crippen LogP contribution is 2.21. The Balaban J connectivity index is 2.69. The molecule has 0 aromatic heterocycles. The monoisotopic (exact) mass is 263 g/mol. The summed E-state index contributed by atoms with van der Waals surface area (Å²) in [5.41, 5.74) is 0. The first kappa shape index (κ1) is 14.4. The summed E-state index contributed by atoms with van der Waals surface area (Å²) in [6.07, 6.45) is 4.42. The molecule has 0 aromatic rings. The molecule has 0 aromatic carbocycles. The molecule has 1 rings (SSSR count). The van der Waals surface area contributed by atoms with E-state index < -0.39 is 22.0 Å². The van der Waals surface area contributed by atoms with Gasteiger partial charge in [-0.1, -0.05) is 19.8 Å². The van der Waals surface area contributed by atoms with Crippen molar-refractivity contribution in [1.29, 1.82) is 0 Å². The first-order valence-corrected chi connectivity index (χ1v) is 7.82. The number of hydrogen-bond acceptors (Lipinski definition) is 3. The molecule has 0 spiro atoms. The maximum atomic E-state index is 12.0. The largest absolute Gasteiger partial charge is 0.480 e. The van der Waals surface area contributed by atoms with Crippen LogP contribution in [0.5, 0.6) is 0 Å². The standard InChI is InChI=1S/C11H21NO4S/c1-2-3-6-9-17(15,16)12-8-5-4-7-10(12)11(13)14/h10H,2-9H2,1H3,(H,13,14). The molecular formula is C11H21NO4S. The number of piperidine rings is 1. The third-order valence-corrected chi connectivity index (χ3v) is 5.06. The molecule has 1 saturated heterocycles. The second-order valence-corrected chi connectivity index (χ2v) is 6.52. The van der Waals surface area contributed by atoms with Crippen molar-refractivity contribution in [1.82, 2.24) is 4.31 Å². The van der Waals surface area contributed by atoms with Crippen LogP contribution in [0.25, 0.3) is 0 Å². The Bertz CT molecular complexity index is 352. The molecular weight excluding hydrogens is 242 g/mol. The molecule has 1 unspecified atom stereocenters. The van der Waals surface area contributed by atoms with E-state index in [0.29, 0.717) is 19.4 Å². The second-order valence-electron chi connectivity index (χ2n) is 4.48. The number of carboxylic acids is 1. The van der Waals surface area contributed by atoms with Crippen molar-refractivity contribution in [3.05, 3.63) is 0 Å². The van der Waals surface area contributed by atoms with Crippen molar-refractivity contribution >= 4 is 16.0 Å². The summed E-state index contributed by atoms with van der Waals surface area (Å²) in [6, 6.07) is -0.852. The van der Waals surface area contributed by atoms with Crippen LogP contribution in [0.2, 0.25) is 0 Å². The molecule has 1 aliphatic rings. The van der Waals surface area contributed by atoms with E-state index in [1.807, 2.05) is 6.92 Å². The van der Waals surface area contributed by atoms with Gasteiger partial charge in [0.25, 0.3) is 0 Å². The Morgan fingerprint density at radius 3 is 2.65 bits per heavy atom. The van der Waals surface area contributed by atoms with Gasteiger partial charge < -0.3 is 5.11 Å². The first-order chi connectivity index (χ1) is 7.99. The van der Waals surface area contributed by atoms with E-state index in [-0.39, 0.29) is 5.75 Å². The van der Waals surface area contributed by atoms with E-state index >= 15 is 0 Å². The van der Waals surface area contributed by atoms with Crippen LogP contribution >= 0.6 is 0 Å². The van der Waals surface area contributed by atoms with Gasteiger partial charge in [-0.15, -0.1) is 0 Å². The topological polar surface area (TPSA) is 74.7 Å². The first-order valence-electron chi connectivity index (χ1n) is 6.21. The number of rotatable bonds is 6. The lowest BCUT2D eigenvalue weighted by atomic mass is 10.1. The fourth-order valence-corrected chi connectivity index (χ4v) is 3.93. The maximum absolute atomic E-state index is 12.0. The molecule has 1 atom stereocenters. The molecule has 6 heteroatoms. The van der Waals surface area contributed by atoms with Crippen LogP contribution in [0.15, 0.2) is 0 Å². The second kappa shape index (κ2) is 6.35. The molecule has 1 fully saturated rings. The van der Waals surface area contributed by atoms with Gasteiger partial charge >= 0.3 is 5.97 Å². The number of carbonyl (C=O) groups is 1. The van der Waals surface area contributed by atoms with Gasteiger partial charge in [0.15, 0.2) is 0 Å². The molecule has 1 heterocycles. The minimum absolute atomic E-state index is 0.0740. The minimum Gasteiger partial charge on any atom is -0.480 e. The predicted octanol–water partition coefficient (Wildman–Crippen LogP) is 1.45. The van der Waals surface area contributed by atoms with E-state index in [0.717, 1.165) is 25.7 Å². The molecule has 0 amide bonds. The summed E-state index contributed by atoms with van der Waals surface area (Å²) >= 11 is 0. The van der Waals surface area contributed by atoms with Crippen molar-refractivity contribution in [2.75, 3.05) is 12.3 Å². The van der Waals surface area contributed by atoms with E-state index in [4.69, 9.17) is 5.11 Å². The number of sulfonamides is 1. The zero-order valence-electron chi connectivity index (χ0n) is 10.3. The Labute approximate surface area is 103 Å². The van der Waals surface area contributed by atoms with Gasteiger partial charge in [-0.25, -0.2) is 8.42 Å². The van der Waals surface area contributed by atoms with Crippen LogP contribution in [0, 0.1) is 0 Å². The molecule has 0 bridgehead atoms. The number of nitrogens with zero attached hydrogens (tertiary/aromatic N) is 1. The molecule has 1 N–H and O–H groups in total. The lowest BCUT2D eigenvalue weighted by Gasteiger charge is -2.31. The smallest absolute Gasteiger partial charge is 0.322 e. The van der Waals surface area contributed by atoms with E-state index in [1.165, 1.54) is 4.31 Å². The highest BCUT2D eigenvalue weighted by Gasteiger charge is 2.36. The number of hydrogen-bond donors (Lipinski definition) is 1. The maximum Gasteiger partial charge on any atom is 0.322 e. The summed E-state index contributed by atoms with van der Waals surface area (Å²) in [6.45, 7) is 2.36. The fraction of sp³-hybridized carbons (Fsp3) is 0.909. The minimum atomic E-state index is -3.40. The third-order valence-electron chi connectivity index (χ3n) is 3.10. The van der Waals surface area contributed by atoms with Crippen molar-refractivity contribution in [3.63, 3.8) is 0 Å². The predicted molar refractivity (Wildman–Crippen MR) is 65.3 cm³/mol. The van der Waals surface area contributed by atoms with Gasteiger partial charge in [0.1, 0.15) is 6.04 Å². The quantitative estimate of drug-likeness (QED) is 0.736. The fourth-order valence-electron chi connectivity index (χ4n) is 2.14. The number of aliphatic carboxylic acids is 1. The van der Waals surface area contributed by atoms with Crippen molar-refractivity contribution in [3.8, 4) is 0 Å². The molecule has 100 valence electrons. The van der Waals surface area contributed by atoms with Gasteiger partial charge in [-0.3, -0.25) is 4.79 Å². The van der Waals surface area contributed by atoms with E-state index in [1.54, 1.807) is 0 Å². The van der Waals surface area contributed by atoms with Gasteiger partial charge in [-0.05, 0) is 25.7 Å². The van der Waals surface area contributed by atoms with Crippen molar-refractivity contribution < 1.29 is 18.3 Å². The van der Waals surface area contributed by atoms with Gasteiger partial charge in [0.2, 0.25) is 10.0 Å². The van der Waals surface area contributed by atoms with Crippen LogP contribution < -0.4 is 0 Å². The number of unbranched alkanes of at least 4 members (excludes halogenated alkanes) is 2. The molecule has 5 nitrogen and oxygen atoms in total. The van der Waals surface area contributed by atoms with Gasteiger partial charge in [0.05, 0.1) is 5.75 Å². The lowest BCUT2D eigenvalue weighted by molar-refractivity contribution is -0.142. The zero-order valence-corrected chi connectivity index (χ0v) is 11.1. The third kappa shape index (κ3) is 3.96. The molecule has 0 aliphatic carbocycles. The van der Waals surface area contributed by atoms with Gasteiger partial charge in [-0.2, -0.15) is 4.31 Å². The molecule has 17 heavy (non-hydrogen) atoms. The summed E-state index contributed by atoms with van der Waals surface area (Å²) in [5, 5.41) is 9.04. The van der Waals surface area contributed by atoms with Crippen LogP contribution in [-0.4, -0.2) is 42.1 Å². The van der Waals surface area contributed by atoms with Crippen molar-refractivity contribution in [2.45, 2.75) is 51.5 Å². The van der Waals surface area contributed by atoms with Crippen LogP contribution in [0.4, 0.5) is 0 Å². The summed E-state index contributed by atoms with van der Waals surface area (Å²) < 4.78 is 25.3. The normalized spacial score (nSPS) is 22.5. The van der Waals surface area contributed by atoms with Crippen LogP contribution in [0.1, 0.15) is 45.4 Å². The summed E-state index contributed by atoms with van der Waals surface area (Å²) in [7, 11) is -3.40. The Morgan fingerprint density at radius 1 is 1.35 bits per heavy atom. The lowest BCUT2D eigenvalue weighted by Crippen LogP contribution is -2.48. The van der Waals surface area contributed by atoms with Crippen LogP contribution in [-0.2, 0) is 14.8 Å². The average molecular weight is 263 g/mol. The molecule has 0 saturated carbocycles. The van der Waals surface area contributed by atoms with E-state index in [9.17, 15) is 13.2 Å². The Morgan fingerprint density at radius 2 is 2.06 bits per heavy atom. The van der Waals surface area contributed by atoms with Crippen molar-refractivity contribution in [2.24, 2.45) is 0 Å². The zero-order chi connectivity index (χ0) is 12.9. The molecule has 1 aliphatic heterocycles. The molecule has 0 radical (unpaired) electrons. The van der Waals surface area contributed by atoms with Crippen LogP contribution in [0.3, 0.4) is 0 Å².